The van der Waals surface area contributed by atoms with E-state index in [1.807, 2.05) is 0 Å². The van der Waals surface area contributed by atoms with Crippen LogP contribution in [0.25, 0.3) is 5.57 Å². The standard InChI is InChI=1S/C28H24O11/c1-12(29)36-11-16-9-18-21(20(10-16)37-13(2)30)23-24(28(39-15(4)32)27(18)38-14(3)31)26(34)22-17(25(23)33)7-6-8-19(22)35-5/h6-10,27-28H,11H2,1-5H3/t27-,28-/m1/s1. The van der Waals surface area contributed by atoms with E-state index in [1.54, 1.807) is 6.07 Å². The Morgan fingerprint density at radius 2 is 1.44 bits per heavy atom. The summed E-state index contributed by atoms with van der Waals surface area (Å²) in [7, 11) is 1.34. The Labute approximate surface area is 222 Å². The molecule has 0 unspecified atom stereocenters. The molecule has 0 bridgehead atoms. The number of Topliss-reactive ketones (excluding diaryl/α,β-unsaturated/α-hetero) is 2. The number of methoxy groups -OCH3 is 1. The van der Waals surface area contributed by atoms with Gasteiger partial charge in [-0.1, -0.05) is 12.1 Å². The van der Waals surface area contributed by atoms with Gasteiger partial charge in [-0.2, -0.15) is 0 Å². The molecule has 2 aromatic carbocycles. The predicted molar refractivity (Wildman–Crippen MR) is 132 cm³/mol. The number of ketones is 2. The van der Waals surface area contributed by atoms with E-state index in [9.17, 15) is 28.8 Å². The number of carbonyl (C=O) groups excluding carboxylic acids is 6. The van der Waals surface area contributed by atoms with Gasteiger partial charge in [-0.3, -0.25) is 28.8 Å². The van der Waals surface area contributed by atoms with Gasteiger partial charge < -0.3 is 23.7 Å². The first-order valence-electron chi connectivity index (χ1n) is 11.8. The first kappa shape index (κ1) is 27.2. The highest BCUT2D eigenvalue weighted by atomic mass is 16.6. The number of ether oxygens (including phenoxy) is 5. The minimum Gasteiger partial charge on any atom is -0.496 e. The molecule has 39 heavy (non-hydrogen) atoms. The molecule has 0 aromatic heterocycles. The van der Waals surface area contributed by atoms with Gasteiger partial charge in [0.25, 0.3) is 0 Å². The molecule has 0 aliphatic heterocycles. The molecule has 11 nitrogen and oxygen atoms in total. The van der Waals surface area contributed by atoms with Gasteiger partial charge in [-0.25, -0.2) is 0 Å². The zero-order valence-corrected chi connectivity index (χ0v) is 21.7. The van der Waals surface area contributed by atoms with Crippen molar-refractivity contribution in [3.63, 3.8) is 0 Å². The number of carbonyl (C=O) groups is 6. The van der Waals surface area contributed by atoms with Crippen LogP contribution in [0.5, 0.6) is 11.5 Å². The van der Waals surface area contributed by atoms with E-state index in [0.717, 1.165) is 20.8 Å². The van der Waals surface area contributed by atoms with Crippen molar-refractivity contribution >= 4 is 41.0 Å². The molecule has 11 heteroatoms. The fourth-order valence-electron chi connectivity index (χ4n) is 4.76. The summed E-state index contributed by atoms with van der Waals surface area (Å²) in [6, 6.07) is 7.34. The smallest absolute Gasteiger partial charge is 0.308 e. The number of fused-ring (bicyclic) bond motifs is 3. The van der Waals surface area contributed by atoms with Crippen LogP contribution in [0, 0.1) is 0 Å². The molecule has 2 atom stereocenters. The summed E-state index contributed by atoms with van der Waals surface area (Å²) in [6.07, 6.45) is -2.95. The van der Waals surface area contributed by atoms with E-state index in [1.165, 1.54) is 38.3 Å². The SMILES string of the molecule is COc1cccc2c1C(=O)C1=C(C2=O)c2c(OC(C)=O)cc(COC(C)=O)cc2[C@@H](OC(C)=O)[C@@H]1OC(C)=O. The van der Waals surface area contributed by atoms with Crippen LogP contribution in [0.1, 0.15) is 71.2 Å². The van der Waals surface area contributed by atoms with Crippen LogP contribution < -0.4 is 9.47 Å². The lowest BCUT2D eigenvalue weighted by Crippen LogP contribution is -2.40. The molecule has 0 spiro atoms. The molecule has 4 rings (SSSR count). The molecular weight excluding hydrogens is 512 g/mol. The van der Waals surface area contributed by atoms with Crippen LogP contribution >= 0.6 is 0 Å². The van der Waals surface area contributed by atoms with Crippen molar-refractivity contribution in [2.24, 2.45) is 0 Å². The van der Waals surface area contributed by atoms with Gasteiger partial charge in [-0.05, 0) is 23.8 Å². The van der Waals surface area contributed by atoms with Gasteiger partial charge in [0.05, 0.1) is 18.2 Å². The van der Waals surface area contributed by atoms with Crippen LogP contribution in [0.15, 0.2) is 35.9 Å². The maximum atomic E-state index is 14.0. The van der Waals surface area contributed by atoms with Crippen molar-refractivity contribution in [2.75, 3.05) is 7.11 Å². The number of hydrogen-bond donors (Lipinski definition) is 0. The number of hydrogen-bond acceptors (Lipinski definition) is 11. The average molecular weight is 536 g/mol. The summed E-state index contributed by atoms with van der Waals surface area (Å²) in [5.74, 6) is -4.25. The molecule has 0 saturated heterocycles. The van der Waals surface area contributed by atoms with Gasteiger partial charge in [0.1, 0.15) is 18.1 Å². The zero-order valence-electron chi connectivity index (χ0n) is 21.7. The average Bonchev–Trinajstić information content (AvgIpc) is 2.85. The van der Waals surface area contributed by atoms with Gasteiger partial charge >= 0.3 is 23.9 Å². The molecule has 2 aliphatic rings. The third kappa shape index (κ3) is 5.02. The minimum absolute atomic E-state index is 0.00764. The second-order valence-electron chi connectivity index (χ2n) is 8.82. The summed E-state index contributed by atoms with van der Waals surface area (Å²) in [5, 5.41) is 0. The normalized spacial score (nSPS) is 17.4. The Morgan fingerprint density at radius 1 is 0.769 bits per heavy atom. The van der Waals surface area contributed by atoms with Crippen molar-refractivity contribution in [1.29, 1.82) is 0 Å². The quantitative estimate of drug-likeness (QED) is 0.305. The van der Waals surface area contributed by atoms with Crippen LogP contribution in [0.4, 0.5) is 0 Å². The molecule has 0 saturated carbocycles. The van der Waals surface area contributed by atoms with E-state index in [4.69, 9.17) is 23.7 Å². The minimum atomic E-state index is -1.53. The Kier molecular flexibility index (Phi) is 7.35. The lowest BCUT2D eigenvalue weighted by molar-refractivity contribution is -0.163. The van der Waals surface area contributed by atoms with Crippen LogP contribution in [0.3, 0.4) is 0 Å². The lowest BCUT2D eigenvalue weighted by atomic mass is 9.71. The van der Waals surface area contributed by atoms with Crippen LogP contribution in [-0.2, 0) is 40.0 Å². The highest BCUT2D eigenvalue weighted by molar-refractivity contribution is 6.42. The van der Waals surface area contributed by atoms with Gasteiger partial charge in [0.2, 0.25) is 0 Å². The summed E-state index contributed by atoms with van der Waals surface area (Å²) >= 11 is 0. The maximum absolute atomic E-state index is 14.0. The third-order valence-corrected chi connectivity index (χ3v) is 6.05. The van der Waals surface area contributed by atoms with E-state index in [-0.39, 0.29) is 51.5 Å². The van der Waals surface area contributed by atoms with Crippen LogP contribution in [0.2, 0.25) is 0 Å². The van der Waals surface area contributed by atoms with Gasteiger partial charge in [0.15, 0.2) is 23.8 Å². The van der Waals surface area contributed by atoms with E-state index < -0.39 is 47.7 Å². The fourth-order valence-corrected chi connectivity index (χ4v) is 4.76. The maximum Gasteiger partial charge on any atom is 0.308 e. The first-order chi connectivity index (χ1) is 18.4. The number of esters is 4. The summed E-state index contributed by atoms with van der Waals surface area (Å²) < 4.78 is 26.9. The van der Waals surface area contributed by atoms with Crippen LogP contribution in [-0.4, -0.2) is 48.7 Å². The Bertz CT molecular complexity index is 1480. The molecular formula is C28H24O11. The second-order valence-corrected chi connectivity index (χ2v) is 8.82. The first-order valence-corrected chi connectivity index (χ1v) is 11.8. The molecule has 0 fully saturated rings. The summed E-state index contributed by atoms with van der Waals surface area (Å²) in [6.45, 7) is 4.32. The van der Waals surface area contributed by atoms with Crippen molar-refractivity contribution in [3.8, 4) is 11.5 Å². The molecule has 2 aromatic rings. The number of rotatable bonds is 6. The summed E-state index contributed by atoms with van der Waals surface area (Å²) in [4.78, 5) is 76.0. The number of allylic oxidation sites excluding steroid dienone is 1. The van der Waals surface area contributed by atoms with Crippen molar-refractivity contribution in [2.45, 2.75) is 46.5 Å². The topological polar surface area (TPSA) is 149 Å². The Morgan fingerprint density at radius 3 is 2.03 bits per heavy atom. The lowest BCUT2D eigenvalue weighted by Gasteiger charge is -2.37. The zero-order chi connectivity index (χ0) is 28.6. The third-order valence-electron chi connectivity index (χ3n) is 6.05. The molecule has 0 N–H and O–H groups in total. The second kappa shape index (κ2) is 10.5. The van der Waals surface area contributed by atoms with E-state index >= 15 is 0 Å². The van der Waals surface area contributed by atoms with Crippen molar-refractivity contribution in [3.05, 3.63) is 63.7 Å². The Hall–Kier alpha value is -4.80. The van der Waals surface area contributed by atoms with Crippen molar-refractivity contribution in [1.82, 2.24) is 0 Å². The monoisotopic (exact) mass is 536 g/mol. The Balaban J connectivity index is 2.10. The highest BCUT2D eigenvalue weighted by Gasteiger charge is 2.50. The highest BCUT2D eigenvalue weighted by Crippen LogP contribution is 2.50. The van der Waals surface area contributed by atoms with Crippen molar-refractivity contribution < 1.29 is 52.5 Å². The van der Waals surface area contributed by atoms with E-state index in [0.29, 0.717) is 5.56 Å². The van der Waals surface area contributed by atoms with Gasteiger partial charge in [-0.15, -0.1) is 0 Å². The largest absolute Gasteiger partial charge is 0.496 e. The molecule has 0 amide bonds. The number of benzene rings is 2. The molecule has 202 valence electrons. The fraction of sp³-hybridized carbons (Fsp3) is 0.286. The summed E-state index contributed by atoms with van der Waals surface area (Å²) in [5.41, 5.74) is -0.0231. The molecule has 0 heterocycles. The van der Waals surface area contributed by atoms with E-state index in [2.05, 4.69) is 0 Å². The molecule has 0 radical (unpaired) electrons. The molecule has 2 aliphatic carbocycles. The van der Waals surface area contributed by atoms with Gasteiger partial charge in [0, 0.05) is 50.0 Å². The predicted octanol–water partition coefficient (Wildman–Crippen LogP) is 3.07.